The lowest BCUT2D eigenvalue weighted by atomic mass is 9.52. The Morgan fingerprint density at radius 2 is 0.981 bits per heavy atom. The maximum Gasteiger partial charge on any atom is 0.167 e. The van der Waals surface area contributed by atoms with Crippen molar-refractivity contribution in [1.29, 1.82) is 0 Å². The van der Waals surface area contributed by atoms with E-state index in [0.717, 1.165) is 48.7 Å². The number of benzene rings is 2. The Kier molecular flexibility index (Phi) is 10.6. The van der Waals surface area contributed by atoms with E-state index in [2.05, 4.69) is 113 Å². The molecule has 0 heterocycles. The van der Waals surface area contributed by atoms with Crippen molar-refractivity contribution in [2.24, 2.45) is 11.8 Å². The van der Waals surface area contributed by atoms with Crippen LogP contribution in [-0.2, 0) is 23.7 Å². The normalized spacial score (nSPS) is 35.4. The van der Waals surface area contributed by atoms with Gasteiger partial charge in [0.25, 0.3) is 0 Å². The maximum atomic E-state index is 6.19. The van der Waals surface area contributed by atoms with Gasteiger partial charge in [0.15, 0.2) is 10.2 Å². The van der Waals surface area contributed by atoms with Gasteiger partial charge in [0.05, 0.1) is 0 Å². The van der Waals surface area contributed by atoms with Crippen molar-refractivity contribution in [1.82, 2.24) is 21.3 Å². The number of aryl methyl sites for hydroxylation is 2. The average molecular weight is 741 g/mol. The predicted molar refractivity (Wildman–Crippen MR) is 228 cm³/mol. The second-order valence-electron chi connectivity index (χ2n) is 19.4. The van der Waals surface area contributed by atoms with Crippen molar-refractivity contribution < 1.29 is 0 Å². The molecule has 0 amide bonds. The molecule has 3 saturated carbocycles. The highest BCUT2D eigenvalue weighted by Gasteiger charge is 2.53. The Morgan fingerprint density at radius 3 is 1.37 bits per heavy atom. The largest absolute Gasteiger partial charge is 0.358 e. The number of fused-ring (bicyclic) bond motifs is 6. The van der Waals surface area contributed by atoms with E-state index in [-0.39, 0.29) is 34.0 Å². The van der Waals surface area contributed by atoms with Crippen molar-refractivity contribution >= 4 is 34.7 Å². The van der Waals surface area contributed by atoms with Crippen LogP contribution in [0.5, 0.6) is 0 Å². The van der Waals surface area contributed by atoms with E-state index in [1.54, 1.807) is 22.3 Å². The van der Waals surface area contributed by atoms with Gasteiger partial charge < -0.3 is 21.3 Å². The summed E-state index contributed by atoms with van der Waals surface area (Å²) < 4.78 is 0. The molecule has 6 heteroatoms. The van der Waals surface area contributed by atoms with Crippen molar-refractivity contribution in [2.75, 3.05) is 0 Å². The molecule has 0 saturated heterocycles. The van der Waals surface area contributed by atoms with Crippen molar-refractivity contribution in [3.63, 3.8) is 0 Å². The van der Waals surface area contributed by atoms with Crippen LogP contribution < -0.4 is 21.3 Å². The van der Waals surface area contributed by atoms with Crippen LogP contribution in [0.4, 0.5) is 0 Å². The monoisotopic (exact) mass is 740 g/mol. The van der Waals surface area contributed by atoms with Crippen LogP contribution in [0.2, 0.25) is 0 Å². The molecular formula is C46H68N4S2. The highest BCUT2D eigenvalue weighted by atomic mass is 32.1. The fourth-order valence-corrected chi connectivity index (χ4v) is 13.2. The lowest BCUT2D eigenvalue weighted by molar-refractivity contribution is 0.0754. The molecule has 2 aromatic carbocycles. The van der Waals surface area contributed by atoms with E-state index >= 15 is 0 Å². The van der Waals surface area contributed by atoms with Gasteiger partial charge in [0, 0.05) is 23.2 Å². The molecule has 0 bridgehead atoms. The first kappa shape index (κ1) is 38.1. The van der Waals surface area contributed by atoms with E-state index < -0.39 is 0 Å². The van der Waals surface area contributed by atoms with Crippen LogP contribution in [0.1, 0.15) is 178 Å². The molecule has 3 fully saturated rings. The lowest BCUT2D eigenvalue weighted by Crippen LogP contribution is -2.66. The van der Waals surface area contributed by atoms with Crippen LogP contribution in [-0.4, -0.2) is 33.4 Å². The van der Waals surface area contributed by atoms with Gasteiger partial charge in [-0.2, -0.15) is 0 Å². The van der Waals surface area contributed by atoms with Gasteiger partial charge in [-0.15, -0.1) is 0 Å². The Hall–Kier alpha value is -2.18. The lowest BCUT2D eigenvalue weighted by Gasteiger charge is -2.56. The van der Waals surface area contributed by atoms with Gasteiger partial charge in [-0.1, -0.05) is 104 Å². The van der Waals surface area contributed by atoms with Crippen LogP contribution in [0.15, 0.2) is 36.4 Å². The molecule has 4 nitrogen and oxygen atoms in total. The maximum absolute atomic E-state index is 6.19. The molecule has 0 spiro atoms. The molecule has 52 heavy (non-hydrogen) atoms. The van der Waals surface area contributed by atoms with Gasteiger partial charge in [0.1, 0.15) is 0 Å². The number of nitrogens with one attached hydrogen (secondary N) is 4. The Morgan fingerprint density at radius 1 is 0.577 bits per heavy atom. The third-order valence-corrected chi connectivity index (χ3v) is 15.7. The molecular weight excluding hydrogens is 673 g/mol. The first-order valence-electron chi connectivity index (χ1n) is 21.1. The summed E-state index contributed by atoms with van der Waals surface area (Å²) in [4.78, 5) is 0. The molecule has 7 rings (SSSR count). The number of thiocarbonyl (C=S) groups is 2. The molecule has 0 unspecified atom stereocenters. The third-order valence-electron chi connectivity index (χ3n) is 15.3. The van der Waals surface area contributed by atoms with Crippen molar-refractivity contribution in [3.05, 3.63) is 69.8 Å². The first-order chi connectivity index (χ1) is 24.6. The fourth-order valence-electron chi connectivity index (χ4n) is 12.4. The van der Waals surface area contributed by atoms with Crippen LogP contribution in [0.25, 0.3) is 0 Å². The molecule has 4 N–H and O–H groups in total. The summed E-state index contributed by atoms with van der Waals surface area (Å²) in [5.41, 5.74) is 9.56. The minimum absolute atomic E-state index is 0.0306. The van der Waals surface area contributed by atoms with Gasteiger partial charge >= 0.3 is 0 Å². The van der Waals surface area contributed by atoms with E-state index in [9.17, 15) is 0 Å². The van der Waals surface area contributed by atoms with Gasteiger partial charge in [-0.25, -0.2) is 0 Å². The number of hydrogen-bond acceptors (Lipinski definition) is 2. The molecule has 0 aliphatic heterocycles. The summed E-state index contributed by atoms with van der Waals surface area (Å²) in [5.74, 6) is 2.24. The van der Waals surface area contributed by atoms with E-state index in [0.29, 0.717) is 23.7 Å². The quantitative estimate of drug-likeness (QED) is 0.221. The van der Waals surface area contributed by atoms with Crippen LogP contribution >= 0.6 is 24.4 Å². The highest BCUT2D eigenvalue weighted by Crippen LogP contribution is 2.55. The van der Waals surface area contributed by atoms with Gasteiger partial charge in [-0.05, 0) is 170 Å². The first-order valence-corrected chi connectivity index (χ1v) is 21.9. The minimum Gasteiger partial charge on any atom is -0.358 e. The fraction of sp³-hybridized carbons (Fsp3) is 0.696. The molecule has 0 aromatic heterocycles. The molecule has 0 radical (unpaired) electrons. The standard InChI is InChI=1S/C46H68N4S2/c1-29(2)31-15-19-35-33(27-31)17-21-39-43(35,5)23-11-25-45(39,7)49-41(51)47-37-13-9-10-14-38(37)48-42(52)50-46(8)26-12-24-44(6)36-20-16-32(30(3)4)28-34(36)18-22-40(44)46/h15-16,19-20,27-30,37-40H,9-14,17-18,21-26H2,1-8H3,(H2,47,49,51)(H2,48,50,52)/t37-,38-,39+,40+,43+,44+,45+,46+/m0/s1. The van der Waals surface area contributed by atoms with Gasteiger partial charge in [0.2, 0.25) is 0 Å². The summed E-state index contributed by atoms with van der Waals surface area (Å²) in [6.07, 6.45) is 16.7. The summed E-state index contributed by atoms with van der Waals surface area (Å²) in [6, 6.07) is 15.3. The summed E-state index contributed by atoms with van der Waals surface area (Å²) in [6.45, 7) is 19.2. The summed E-state index contributed by atoms with van der Waals surface area (Å²) in [7, 11) is 0. The topological polar surface area (TPSA) is 48.1 Å². The molecule has 2 aromatic rings. The smallest absolute Gasteiger partial charge is 0.167 e. The van der Waals surface area contributed by atoms with E-state index in [1.807, 2.05) is 0 Å². The Labute approximate surface area is 327 Å². The molecule has 5 aliphatic carbocycles. The zero-order valence-corrected chi connectivity index (χ0v) is 35.3. The van der Waals surface area contributed by atoms with Crippen LogP contribution in [0, 0.1) is 11.8 Å². The van der Waals surface area contributed by atoms with Crippen molar-refractivity contribution in [2.45, 2.75) is 191 Å². The zero-order valence-electron chi connectivity index (χ0n) is 33.6. The average Bonchev–Trinajstić information content (AvgIpc) is 3.08. The predicted octanol–water partition coefficient (Wildman–Crippen LogP) is 10.4. The number of hydrogen-bond donors (Lipinski definition) is 4. The van der Waals surface area contributed by atoms with E-state index in [1.165, 1.54) is 62.5 Å². The second kappa shape index (κ2) is 14.5. The zero-order chi connectivity index (χ0) is 37.1. The summed E-state index contributed by atoms with van der Waals surface area (Å²) in [5, 5.41) is 17.3. The van der Waals surface area contributed by atoms with Crippen LogP contribution in [0.3, 0.4) is 0 Å². The molecule has 5 aliphatic rings. The summed E-state index contributed by atoms with van der Waals surface area (Å²) >= 11 is 12.4. The second-order valence-corrected chi connectivity index (χ2v) is 20.2. The highest BCUT2D eigenvalue weighted by molar-refractivity contribution is 7.80. The molecule has 284 valence electrons. The number of rotatable bonds is 6. The minimum atomic E-state index is -0.0306. The Balaban J connectivity index is 1.00. The van der Waals surface area contributed by atoms with Crippen molar-refractivity contribution in [3.8, 4) is 0 Å². The molecule has 8 atom stereocenters. The third kappa shape index (κ3) is 6.95. The van der Waals surface area contributed by atoms with E-state index in [4.69, 9.17) is 24.4 Å². The Bertz CT molecular complexity index is 1550. The van der Waals surface area contributed by atoms with Gasteiger partial charge in [-0.3, -0.25) is 0 Å². The SMILES string of the molecule is CC(C)c1ccc2c(c1)CC[C@H]1[C@](C)(NC(=S)N[C@H]3CCCC[C@@H]3NC(=S)N[C@]3(C)CCC[C@]4(C)c5ccc(C(C)C)cc5CC[C@@H]34)CCC[C@]21C.